The van der Waals surface area contributed by atoms with Crippen molar-refractivity contribution in [2.75, 3.05) is 38.1 Å². The van der Waals surface area contributed by atoms with Crippen LogP contribution >= 0.6 is 11.6 Å². The molecule has 11 nitrogen and oxygen atoms in total. The molecule has 49 heavy (non-hydrogen) atoms. The maximum absolute atomic E-state index is 14.4. The average molecular weight is 736 g/mol. The third-order valence-corrected chi connectivity index (χ3v) is 12.1. The summed E-state index contributed by atoms with van der Waals surface area (Å²) in [5.74, 6) is -0.574. The zero-order valence-electron chi connectivity index (χ0n) is 28.5. The molecule has 0 spiro atoms. The Morgan fingerprint density at radius 1 is 1.00 bits per heavy atom. The van der Waals surface area contributed by atoms with Crippen molar-refractivity contribution < 1.29 is 36.2 Å². The topological polar surface area (TPSA) is 143 Å². The van der Waals surface area contributed by atoms with Crippen LogP contribution < -0.4 is 9.46 Å². The Labute approximate surface area is 295 Å². The second-order valence-electron chi connectivity index (χ2n) is 12.7. The number of ether oxygens (including phenoxy) is 2. The van der Waals surface area contributed by atoms with Gasteiger partial charge in [0.1, 0.15) is 5.75 Å². The number of aryl methyl sites for hydroxylation is 1. The molecule has 14 heteroatoms. The zero-order valence-corrected chi connectivity index (χ0v) is 30.9. The lowest BCUT2D eigenvalue weighted by Gasteiger charge is -2.35. The van der Waals surface area contributed by atoms with E-state index in [0.29, 0.717) is 24.5 Å². The number of halogens is 1. The number of fused-ring (bicyclic) bond motifs is 1. The molecule has 0 saturated heterocycles. The molecule has 0 aliphatic carbocycles. The number of nitrogens with one attached hydrogen (secondary N) is 1. The summed E-state index contributed by atoms with van der Waals surface area (Å²) in [6, 6.07) is 16.2. The van der Waals surface area contributed by atoms with Crippen molar-refractivity contribution in [3.63, 3.8) is 0 Å². The quantitative estimate of drug-likeness (QED) is 0.291. The number of sulfonamides is 2. The fourth-order valence-corrected chi connectivity index (χ4v) is 7.88. The van der Waals surface area contributed by atoms with Crippen molar-refractivity contribution in [3.05, 3.63) is 82.9 Å². The highest BCUT2D eigenvalue weighted by molar-refractivity contribution is 7.92. The minimum atomic E-state index is -4.01. The van der Waals surface area contributed by atoms with Crippen molar-refractivity contribution in [1.29, 1.82) is 0 Å². The molecule has 268 valence electrons. The van der Waals surface area contributed by atoms with Crippen LogP contribution in [0.2, 0.25) is 5.02 Å². The van der Waals surface area contributed by atoms with Gasteiger partial charge in [0.05, 0.1) is 40.2 Å². The van der Waals surface area contributed by atoms with E-state index in [0.717, 1.165) is 12.0 Å². The van der Waals surface area contributed by atoms with E-state index in [4.69, 9.17) is 21.1 Å². The van der Waals surface area contributed by atoms with Crippen molar-refractivity contribution in [2.24, 2.45) is 5.92 Å². The molecule has 0 bridgehead atoms. The van der Waals surface area contributed by atoms with Crippen LogP contribution in [0.3, 0.4) is 0 Å². The number of carbonyl (C=O) groups excluding carboxylic acids is 1. The molecule has 1 amide bonds. The van der Waals surface area contributed by atoms with Crippen LogP contribution in [-0.4, -0.2) is 88.7 Å². The van der Waals surface area contributed by atoms with Gasteiger partial charge in [-0.1, -0.05) is 36.2 Å². The normalized spacial score (nSPS) is 20.6. The first kappa shape index (κ1) is 38.6. The lowest BCUT2D eigenvalue weighted by atomic mass is 10.0. The number of carbonyl (C=O) groups is 1. The predicted molar refractivity (Wildman–Crippen MR) is 190 cm³/mol. The van der Waals surface area contributed by atoms with Gasteiger partial charge in [-0.05, 0) is 94.6 Å². The van der Waals surface area contributed by atoms with Crippen LogP contribution in [0.25, 0.3) is 0 Å². The van der Waals surface area contributed by atoms with Gasteiger partial charge in [0.25, 0.3) is 15.9 Å². The molecule has 0 fully saturated rings. The summed E-state index contributed by atoms with van der Waals surface area (Å²) in [5.41, 5.74) is 1.21. The van der Waals surface area contributed by atoms with E-state index in [1.807, 2.05) is 20.8 Å². The zero-order chi connectivity index (χ0) is 35.9. The molecule has 1 aliphatic heterocycles. The van der Waals surface area contributed by atoms with E-state index in [2.05, 4.69) is 4.72 Å². The number of benzene rings is 3. The maximum atomic E-state index is 14.4. The second-order valence-corrected chi connectivity index (χ2v) is 16.8. The highest BCUT2D eigenvalue weighted by Crippen LogP contribution is 2.30. The third-order valence-electron chi connectivity index (χ3n) is 8.59. The molecule has 0 unspecified atom stereocenters. The Morgan fingerprint density at radius 2 is 1.65 bits per heavy atom. The minimum absolute atomic E-state index is 0.00191. The summed E-state index contributed by atoms with van der Waals surface area (Å²) in [7, 11) is -6.32. The monoisotopic (exact) mass is 735 g/mol. The van der Waals surface area contributed by atoms with Crippen LogP contribution in [0.5, 0.6) is 5.75 Å². The molecule has 1 aliphatic rings. The molecule has 4 atom stereocenters. The van der Waals surface area contributed by atoms with E-state index >= 15 is 0 Å². The number of anilines is 1. The first-order chi connectivity index (χ1) is 23.1. The fraction of sp³-hybridized carbons (Fsp3) is 0.457. The number of rotatable bonds is 9. The first-order valence-corrected chi connectivity index (χ1v) is 19.6. The lowest BCUT2D eigenvalue weighted by molar-refractivity contribution is -0.00833. The van der Waals surface area contributed by atoms with E-state index < -0.39 is 38.1 Å². The fourth-order valence-electron chi connectivity index (χ4n) is 5.52. The highest BCUT2D eigenvalue weighted by Gasteiger charge is 2.32. The van der Waals surface area contributed by atoms with Crippen molar-refractivity contribution in [1.82, 2.24) is 9.21 Å². The summed E-state index contributed by atoms with van der Waals surface area (Å²) in [4.78, 5) is 16.0. The molecule has 0 saturated carbocycles. The molecule has 2 N–H and O–H groups in total. The van der Waals surface area contributed by atoms with Gasteiger partial charge in [-0.3, -0.25) is 9.52 Å². The molecule has 3 aromatic rings. The first-order valence-electron chi connectivity index (χ1n) is 16.3. The van der Waals surface area contributed by atoms with Crippen LogP contribution in [-0.2, 0) is 24.8 Å². The molecule has 0 aromatic heterocycles. The minimum Gasteiger partial charge on any atom is -0.490 e. The number of amides is 1. The Hall–Kier alpha value is -3.20. The number of likely N-dealkylation sites (N-methyl/N-ethyl adjacent to an activating group) is 1. The summed E-state index contributed by atoms with van der Waals surface area (Å²) in [6.45, 7) is 7.55. The summed E-state index contributed by atoms with van der Waals surface area (Å²) >= 11 is 5.94. The molecular weight excluding hydrogens is 690 g/mol. The van der Waals surface area contributed by atoms with E-state index in [-0.39, 0.29) is 58.5 Å². The Balaban J connectivity index is 1.67. The van der Waals surface area contributed by atoms with Crippen LogP contribution in [0.1, 0.15) is 56.0 Å². The summed E-state index contributed by atoms with van der Waals surface area (Å²) < 4.78 is 69.6. The van der Waals surface area contributed by atoms with Gasteiger partial charge in [-0.15, -0.1) is 0 Å². The van der Waals surface area contributed by atoms with Gasteiger partial charge >= 0.3 is 0 Å². The van der Waals surface area contributed by atoms with E-state index in [9.17, 15) is 26.7 Å². The van der Waals surface area contributed by atoms with Crippen molar-refractivity contribution in [2.45, 2.75) is 75.0 Å². The summed E-state index contributed by atoms with van der Waals surface area (Å²) in [6.07, 6.45) is 1.26. The molecule has 0 radical (unpaired) electrons. The van der Waals surface area contributed by atoms with E-state index in [1.54, 1.807) is 37.3 Å². The number of hydrogen-bond acceptors (Lipinski definition) is 8. The van der Waals surface area contributed by atoms with Crippen LogP contribution in [0.4, 0.5) is 5.69 Å². The molecule has 3 aromatic carbocycles. The standard InChI is InChI=1S/C35H46ClN3O8S2/c1-24-9-14-31(15-10-24)49(44,45)38(5)22-34-25(2)21-39(26(3)23-40)35(41)32-20-29(37-48(42,43)30-16-11-28(36)12-17-30)13-18-33(32)47-27(4)8-6-7-19-46-34/h9-18,20,25-27,34,37,40H,6-8,19,21-23H2,1-5H3/t25-,26+,27+,34-/m0/s1. The maximum Gasteiger partial charge on any atom is 0.261 e. The molecule has 4 rings (SSSR count). The van der Waals surface area contributed by atoms with Gasteiger partial charge in [0, 0.05) is 43.4 Å². The second kappa shape index (κ2) is 16.7. The van der Waals surface area contributed by atoms with Crippen molar-refractivity contribution >= 4 is 43.2 Å². The molecule has 1 heterocycles. The smallest absolute Gasteiger partial charge is 0.261 e. The van der Waals surface area contributed by atoms with Gasteiger partial charge in [-0.25, -0.2) is 16.8 Å². The Kier molecular flexibility index (Phi) is 13.1. The predicted octanol–water partition coefficient (Wildman–Crippen LogP) is 5.57. The van der Waals surface area contributed by atoms with Gasteiger partial charge in [0.15, 0.2) is 0 Å². The number of nitrogens with zero attached hydrogens (tertiary/aromatic N) is 2. The Morgan fingerprint density at radius 3 is 2.31 bits per heavy atom. The Bertz CT molecular complexity index is 1790. The van der Waals surface area contributed by atoms with Crippen molar-refractivity contribution in [3.8, 4) is 5.75 Å². The van der Waals surface area contributed by atoms with E-state index in [1.165, 1.54) is 52.7 Å². The van der Waals surface area contributed by atoms with Gasteiger partial charge in [0.2, 0.25) is 10.0 Å². The summed E-state index contributed by atoms with van der Waals surface area (Å²) in [5, 5.41) is 10.6. The van der Waals surface area contributed by atoms with Crippen LogP contribution in [0.15, 0.2) is 76.5 Å². The third kappa shape index (κ3) is 9.95. The number of aliphatic hydroxyl groups excluding tert-OH is 1. The largest absolute Gasteiger partial charge is 0.490 e. The lowest BCUT2D eigenvalue weighted by Crippen LogP contribution is -2.48. The average Bonchev–Trinajstić information content (AvgIpc) is 3.06. The van der Waals surface area contributed by atoms with Crippen LogP contribution in [0, 0.1) is 12.8 Å². The van der Waals surface area contributed by atoms with Gasteiger partial charge < -0.3 is 19.5 Å². The SMILES string of the molecule is Cc1ccc(S(=O)(=O)N(C)C[C@@H]2OCCCC[C@@H](C)Oc3ccc(NS(=O)(=O)c4ccc(Cl)cc4)cc3C(=O)N([C@H](C)CO)C[C@@H]2C)cc1. The molecular formula is C35H46ClN3O8S2. The highest BCUT2D eigenvalue weighted by atomic mass is 35.5. The van der Waals surface area contributed by atoms with Gasteiger partial charge in [-0.2, -0.15) is 4.31 Å². The number of aliphatic hydroxyl groups is 1. The number of hydrogen-bond donors (Lipinski definition) is 2.